The van der Waals surface area contributed by atoms with Gasteiger partial charge in [0.2, 0.25) is 0 Å². The molecule has 31 heavy (non-hydrogen) atoms. The molecule has 0 saturated carbocycles. The van der Waals surface area contributed by atoms with Gasteiger partial charge in [-0.25, -0.2) is 10.4 Å². The van der Waals surface area contributed by atoms with Crippen molar-refractivity contribution in [2.75, 3.05) is 19.6 Å². The highest BCUT2D eigenvalue weighted by Crippen LogP contribution is 2.47. The van der Waals surface area contributed by atoms with Gasteiger partial charge in [0.1, 0.15) is 17.4 Å². The van der Waals surface area contributed by atoms with Crippen LogP contribution < -0.4 is 5.43 Å². The summed E-state index contributed by atoms with van der Waals surface area (Å²) in [5.74, 6) is 0.189. The molecular formula is C23H26N6O2. The maximum atomic E-state index is 13.1. The molecule has 2 N–H and O–H groups in total. The van der Waals surface area contributed by atoms with Crippen molar-refractivity contribution >= 4 is 22.7 Å². The predicted octanol–water partition coefficient (Wildman–Crippen LogP) is 2.50. The fourth-order valence-electron chi connectivity index (χ4n) is 5.28. The first-order chi connectivity index (χ1) is 14.9. The number of allylic oxidation sites excluding steroid dienone is 1. The van der Waals surface area contributed by atoms with Crippen LogP contribution in [0.15, 0.2) is 29.6 Å². The molecule has 2 aliphatic heterocycles. The quantitative estimate of drug-likeness (QED) is 0.776. The van der Waals surface area contributed by atoms with Gasteiger partial charge >= 0.3 is 0 Å². The molecule has 0 aromatic carbocycles. The van der Waals surface area contributed by atoms with Gasteiger partial charge in [0, 0.05) is 43.7 Å². The molecule has 1 spiro atoms. The Morgan fingerprint density at radius 2 is 2.03 bits per heavy atom. The van der Waals surface area contributed by atoms with E-state index in [1.54, 1.807) is 18.3 Å². The third-order valence-corrected chi connectivity index (χ3v) is 6.89. The minimum Gasteiger partial charge on any atom is -0.339 e. The van der Waals surface area contributed by atoms with Crippen molar-refractivity contribution in [3.8, 4) is 6.07 Å². The van der Waals surface area contributed by atoms with Crippen LogP contribution in [-0.2, 0) is 4.79 Å². The Balaban J connectivity index is 1.30. The number of aromatic amines is 1. The molecule has 0 unspecified atom stereocenters. The molecule has 8 heteroatoms. The first kappa shape index (κ1) is 19.8. The summed E-state index contributed by atoms with van der Waals surface area (Å²) in [4.78, 5) is 35.2. The van der Waals surface area contributed by atoms with E-state index in [1.165, 1.54) is 5.57 Å². The zero-order valence-electron chi connectivity index (χ0n) is 17.9. The van der Waals surface area contributed by atoms with Gasteiger partial charge in [-0.3, -0.25) is 9.59 Å². The van der Waals surface area contributed by atoms with Crippen molar-refractivity contribution in [2.45, 2.75) is 45.6 Å². The number of amides is 1. The lowest BCUT2D eigenvalue weighted by atomic mass is 9.67. The van der Waals surface area contributed by atoms with Crippen LogP contribution in [-0.4, -0.2) is 57.2 Å². The summed E-state index contributed by atoms with van der Waals surface area (Å²) in [6.45, 7) is 6.21. The summed E-state index contributed by atoms with van der Waals surface area (Å²) < 4.78 is 0. The normalized spacial score (nSPS) is 20.6. The SMILES string of the molecule is CC(C)N1NCC2=C1C(=O)CC1(CCN(C(=O)c3cnc4[nH]c(C#N)cc4c3)CC1)C2. The van der Waals surface area contributed by atoms with Crippen molar-refractivity contribution in [3.63, 3.8) is 0 Å². The molecule has 0 radical (unpaired) electrons. The number of rotatable bonds is 2. The monoisotopic (exact) mass is 418 g/mol. The van der Waals surface area contributed by atoms with Gasteiger partial charge in [-0.1, -0.05) is 0 Å². The number of fused-ring (bicyclic) bond motifs is 1. The van der Waals surface area contributed by atoms with E-state index in [1.807, 2.05) is 9.91 Å². The Kier molecular flexibility index (Phi) is 4.59. The maximum absolute atomic E-state index is 13.1. The number of Topliss-reactive ketones (excluding diaryl/α,β-unsaturated/α-hetero) is 1. The van der Waals surface area contributed by atoms with E-state index >= 15 is 0 Å². The van der Waals surface area contributed by atoms with E-state index in [2.05, 4.69) is 35.3 Å². The third-order valence-electron chi connectivity index (χ3n) is 6.89. The number of hydrogen-bond acceptors (Lipinski definition) is 6. The molecule has 2 aromatic rings. The van der Waals surface area contributed by atoms with E-state index in [0.29, 0.717) is 36.4 Å². The first-order valence-corrected chi connectivity index (χ1v) is 10.9. The van der Waals surface area contributed by atoms with Crippen LogP contribution in [0.25, 0.3) is 11.0 Å². The van der Waals surface area contributed by atoms with E-state index < -0.39 is 0 Å². The summed E-state index contributed by atoms with van der Waals surface area (Å²) in [6.07, 6.45) is 4.73. The van der Waals surface area contributed by atoms with Gasteiger partial charge in [0.05, 0.1) is 11.3 Å². The van der Waals surface area contributed by atoms with Gasteiger partial charge in [-0.05, 0) is 56.2 Å². The fraction of sp³-hybridized carbons (Fsp3) is 0.478. The minimum atomic E-state index is -0.0421. The molecule has 1 fully saturated rings. The molecule has 1 aliphatic carbocycles. The Labute approximate surface area is 180 Å². The molecule has 1 amide bonds. The number of nitrogens with zero attached hydrogens (tertiary/aromatic N) is 4. The third kappa shape index (κ3) is 3.29. The van der Waals surface area contributed by atoms with Gasteiger partial charge in [0.15, 0.2) is 5.78 Å². The second kappa shape index (κ2) is 7.20. The average Bonchev–Trinajstić information content (AvgIpc) is 3.37. The topological polar surface area (TPSA) is 105 Å². The molecule has 3 aliphatic rings. The summed E-state index contributed by atoms with van der Waals surface area (Å²) in [5.41, 5.74) is 7.00. The number of nitriles is 1. The average molecular weight is 419 g/mol. The summed E-state index contributed by atoms with van der Waals surface area (Å²) in [6, 6.07) is 5.81. The molecule has 160 valence electrons. The standard InChI is InChI=1S/C23H26N6O2/c1-14(2)29-20-17(13-26-29)9-23(10-19(20)30)3-5-28(6-4-23)22(31)16-7-15-8-18(11-24)27-21(15)25-12-16/h7-8,12,14,26H,3-6,9-10,13H2,1-2H3,(H,25,27). The number of hydrazine groups is 1. The Bertz CT molecular complexity index is 1150. The fourth-order valence-corrected chi connectivity index (χ4v) is 5.28. The van der Waals surface area contributed by atoms with Crippen LogP contribution in [0, 0.1) is 16.7 Å². The number of hydrogen-bond donors (Lipinski definition) is 2. The number of carbonyl (C=O) groups is 2. The van der Waals surface area contributed by atoms with Crippen molar-refractivity contribution in [1.29, 1.82) is 5.26 Å². The highest BCUT2D eigenvalue weighted by Gasteiger charge is 2.45. The molecule has 8 nitrogen and oxygen atoms in total. The lowest BCUT2D eigenvalue weighted by Crippen LogP contribution is -2.46. The van der Waals surface area contributed by atoms with Crippen molar-refractivity contribution in [2.24, 2.45) is 5.41 Å². The number of H-pyrrole nitrogens is 1. The van der Waals surface area contributed by atoms with Crippen molar-refractivity contribution in [1.82, 2.24) is 25.3 Å². The number of aromatic nitrogens is 2. The van der Waals surface area contributed by atoms with Crippen LogP contribution in [0.1, 0.15) is 55.6 Å². The smallest absolute Gasteiger partial charge is 0.255 e. The Hall–Kier alpha value is -3.18. The minimum absolute atomic E-state index is 0.0358. The van der Waals surface area contributed by atoms with Crippen molar-refractivity contribution < 1.29 is 9.59 Å². The van der Waals surface area contributed by atoms with Gasteiger partial charge in [-0.2, -0.15) is 5.26 Å². The number of carbonyl (C=O) groups excluding carboxylic acids is 2. The summed E-state index contributed by atoms with van der Waals surface area (Å²) in [5, 5.41) is 11.8. The van der Waals surface area contributed by atoms with Crippen LogP contribution >= 0.6 is 0 Å². The molecule has 0 atom stereocenters. The molecular weight excluding hydrogens is 392 g/mol. The first-order valence-electron chi connectivity index (χ1n) is 10.9. The van der Waals surface area contributed by atoms with E-state index in [4.69, 9.17) is 5.26 Å². The largest absolute Gasteiger partial charge is 0.339 e. The zero-order chi connectivity index (χ0) is 21.8. The van der Waals surface area contributed by atoms with Crippen molar-refractivity contribution in [3.05, 3.63) is 40.9 Å². The molecule has 2 aromatic heterocycles. The Morgan fingerprint density at radius 1 is 1.26 bits per heavy atom. The Morgan fingerprint density at radius 3 is 2.74 bits per heavy atom. The number of likely N-dealkylation sites (tertiary alicyclic amines) is 1. The van der Waals surface area contributed by atoms with Crippen LogP contribution in [0.5, 0.6) is 0 Å². The second-order valence-electron chi connectivity index (χ2n) is 9.28. The molecule has 1 saturated heterocycles. The number of nitrogens with one attached hydrogen (secondary N) is 2. The van der Waals surface area contributed by atoms with Crippen LogP contribution in [0.3, 0.4) is 0 Å². The summed E-state index contributed by atoms with van der Waals surface area (Å²) in [7, 11) is 0. The zero-order valence-corrected chi connectivity index (χ0v) is 17.9. The highest BCUT2D eigenvalue weighted by atomic mass is 16.2. The number of piperidine rings is 1. The molecule has 0 bridgehead atoms. The van der Waals surface area contributed by atoms with Gasteiger partial charge in [0.25, 0.3) is 5.91 Å². The molecule has 5 rings (SSSR count). The van der Waals surface area contributed by atoms with Crippen LogP contribution in [0.4, 0.5) is 0 Å². The number of pyridine rings is 1. The number of ketones is 1. The second-order valence-corrected chi connectivity index (χ2v) is 9.28. The van der Waals surface area contributed by atoms with Gasteiger partial charge < -0.3 is 14.9 Å². The van der Waals surface area contributed by atoms with E-state index in [9.17, 15) is 9.59 Å². The highest BCUT2D eigenvalue weighted by molar-refractivity contribution is 5.98. The van der Waals surface area contributed by atoms with E-state index in [-0.39, 0.29) is 23.1 Å². The maximum Gasteiger partial charge on any atom is 0.255 e. The molecule has 4 heterocycles. The lowest BCUT2D eigenvalue weighted by molar-refractivity contribution is -0.121. The van der Waals surface area contributed by atoms with Gasteiger partial charge in [-0.15, -0.1) is 0 Å². The van der Waals surface area contributed by atoms with Crippen LogP contribution in [0.2, 0.25) is 0 Å². The summed E-state index contributed by atoms with van der Waals surface area (Å²) >= 11 is 0. The van der Waals surface area contributed by atoms with E-state index in [0.717, 1.165) is 36.9 Å². The lowest BCUT2D eigenvalue weighted by Gasteiger charge is -2.44. The predicted molar refractivity (Wildman–Crippen MR) is 115 cm³/mol.